The van der Waals surface area contributed by atoms with Crippen molar-refractivity contribution in [1.82, 2.24) is 0 Å². The maximum atomic E-state index is 5.41. The van der Waals surface area contributed by atoms with Crippen LogP contribution in [-0.4, -0.2) is 13.2 Å². The molecule has 0 radical (unpaired) electrons. The minimum Gasteiger partial charge on any atom is -0.497 e. The van der Waals surface area contributed by atoms with E-state index >= 15 is 0 Å². The van der Waals surface area contributed by atoms with Crippen molar-refractivity contribution in [1.29, 1.82) is 0 Å². The van der Waals surface area contributed by atoms with Crippen LogP contribution < -0.4 is 10.1 Å². The highest BCUT2D eigenvalue weighted by Gasteiger charge is 2.54. The lowest BCUT2D eigenvalue weighted by molar-refractivity contribution is 0.124. The second-order valence-electron chi connectivity index (χ2n) is 6.81. The lowest BCUT2D eigenvalue weighted by Crippen LogP contribution is -2.44. The molecule has 19 heavy (non-hydrogen) atoms. The number of fused-ring (bicyclic) bond motifs is 6. The molecule has 1 heterocycles. The van der Waals surface area contributed by atoms with Crippen molar-refractivity contribution in [3.05, 3.63) is 35.9 Å². The van der Waals surface area contributed by atoms with Gasteiger partial charge in [0.05, 0.1) is 7.11 Å². The number of ether oxygens (including phenoxy) is 1. The molecule has 2 nitrogen and oxygen atoms in total. The van der Waals surface area contributed by atoms with Crippen molar-refractivity contribution in [3.8, 4) is 5.75 Å². The van der Waals surface area contributed by atoms with E-state index in [1.54, 1.807) is 7.11 Å². The SMILES string of the molecule is COc1ccc2c(c1)C1C(N2)C2C=CC(C2)C1(C)C. The van der Waals surface area contributed by atoms with Gasteiger partial charge in [0.1, 0.15) is 5.75 Å². The van der Waals surface area contributed by atoms with E-state index in [0.29, 0.717) is 23.3 Å². The van der Waals surface area contributed by atoms with E-state index in [9.17, 15) is 0 Å². The summed E-state index contributed by atoms with van der Waals surface area (Å²) in [7, 11) is 1.75. The molecule has 0 spiro atoms. The molecule has 0 amide bonds. The predicted octanol–water partition coefficient (Wildman–Crippen LogP) is 3.81. The molecule has 1 N–H and O–H groups in total. The summed E-state index contributed by atoms with van der Waals surface area (Å²) in [4.78, 5) is 0. The minimum absolute atomic E-state index is 0.318. The van der Waals surface area contributed by atoms with Crippen LogP contribution in [0.15, 0.2) is 30.4 Å². The molecule has 2 aliphatic carbocycles. The van der Waals surface area contributed by atoms with E-state index in [0.717, 1.165) is 11.7 Å². The number of anilines is 1. The second-order valence-corrected chi connectivity index (χ2v) is 6.81. The van der Waals surface area contributed by atoms with Gasteiger partial charge in [-0.2, -0.15) is 0 Å². The third-order valence-electron chi connectivity index (χ3n) is 5.61. The molecular weight excluding hydrogens is 234 g/mol. The fourth-order valence-corrected chi connectivity index (χ4v) is 4.51. The fraction of sp³-hybridized carbons (Fsp3) is 0.529. The Hall–Kier alpha value is -1.44. The zero-order valence-corrected chi connectivity index (χ0v) is 11.8. The van der Waals surface area contributed by atoms with Crippen LogP contribution in [0.2, 0.25) is 0 Å². The second kappa shape index (κ2) is 3.56. The molecular formula is C17H21NO. The van der Waals surface area contributed by atoms with Crippen molar-refractivity contribution >= 4 is 5.69 Å². The largest absolute Gasteiger partial charge is 0.497 e. The fourth-order valence-electron chi connectivity index (χ4n) is 4.51. The summed E-state index contributed by atoms with van der Waals surface area (Å²) in [5.41, 5.74) is 3.08. The van der Waals surface area contributed by atoms with E-state index in [1.165, 1.54) is 17.7 Å². The van der Waals surface area contributed by atoms with E-state index in [-0.39, 0.29) is 0 Å². The first-order valence-electron chi connectivity index (χ1n) is 7.24. The topological polar surface area (TPSA) is 21.3 Å². The van der Waals surface area contributed by atoms with E-state index in [2.05, 4.69) is 49.5 Å². The summed E-state index contributed by atoms with van der Waals surface area (Å²) in [6.45, 7) is 4.86. The van der Waals surface area contributed by atoms with Gasteiger partial charge >= 0.3 is 0 Å². The summed E-state index contributed by atoms with van der Waals surface area (Å²) in [5.74, 6) is 2.98. The van der Waals surface area contributed by atoms with Crippen LogP contribution in [0.1, 0.15) is 31.7 Å². The molecule has 1 aromatic carbocycles. The zero-order valence-electron chi connectivity index (χ0n) is 11.8. The molecule has 1 aromatic rings. The normalized spacial score (nSPS) is 36.6. The van der Waals surface area contributed by atoms with Crippen LogP contribution in [0, 0.1) is 17.3 Å². The quantitative estimate of drug-likeness (QED) is 0.771. The maximum Gasteiger partial charge on any atom is 0.119 e. The van der Waals surface area contributed by atoms with Crippen molar-refractivity contribution < 1.29 is 4.74 Å². The minimum atomic E-state index is 0.318. The first-order valence-corrected chi connectivity index (χ1v) is 7.24. The van der Waals surface area contributed by atoms with Gasteiger partial charge in [-0.25, -0.2) is 0 Å². The Labute approximate surface area is 114 Å². The lowest BCUT2D eigenvalue weighted by atomic mass is 9.59. The van der Waals surface area contributed by atoms with Crippen molar-refractivity contribution in [2.75, 3.05) is 12.4 Å². The number of hydrogen-bond donors (Lipinski definition) is 1. The van der Waals surface area contributed by atoms with Gasteiger partial charge in [0.2, 0.25) is 0 Å². The number of benzene rings is 1. The summed E-state index contributed by atoms with van der Waals surface area (Å²) in [6, 6.07) is 7.04. The van der Waals surface area contributed by atoms with Gasteiger partial charge in [-0.3, -0.25) is 0 Å². The highest BCUT2D eigenvalue weighted by Crippen LogP contribution is 2.60. The maximum absolute atomic E-state index is 5.41. The molecule has 4 atom stereocenters. The summed E-state index contributed by atoms with van der Waals surface area (Å²) < 4.78 is 5.41. The molecule has 0 aromatic heterocycles. The van der Waals surface area contributed by atoms with Crippen molar-refractivity contribution in [2.45, 2.75) is 32.2 Å². The lowest BCUT2D eigenvalue weighted by Gasteiger charge is -2.46. The summed E-state index contributed by atoms with van der Waals surface area (Å²) in [6.07, 6.45) is 6.20. The number of hydrogen-bond acceptors (Lipinski definition) is 2. The Balaban J connectivity index is 1.85. The smallest absolute Gasteiger partial charge is 0.119 e. The first-order chi connectivity index (χ1) is 9.11. The molecule has 2 bridgehead atoms. The molecule has 1 aliphatic heterocycles. The molecule has 4 unspecified atom stereocenters. The summed E-state index contributed by atoms with van der Waals surface area (Å²) >= 11 is 0. The monoisotopic (exact) mass is 255 g/mol. The zero-order chi connectivity index (χ0) is 13.2. The van der Waals surface area contributed by atoms with Crippen LogP contribution in [0.3, 0.4) is 0 Å². The van der Waals surface area contributed by atoms with Gasteiger partial charge in [0.15, 0.2) is 0 Å². The van der Waals surface area contributed by atoms with Crippen molar-refractivity contribution in [3.63, 3.8) is 0 Å². The Morgan fingerprint density at radius 3 is 2.89 bits per heavy atom. The van der Waals surface area contributed by atoms with E-state index in [4.69, 9.17) is 4.74 Å². The van der Waals surface area contributed by atoms with Crippen LogP contribution in [0.5, 0.6) is 5.75 Å². The number of nitrogens with one attached hydrogen (secondary N) is 1. The number of rotatable bonds is 1. The number of allylic oxidation sites excluding steroid dienone is 1. The third kappa shape index (κ3) is 1.37. The van der Waals surface area contributed by atoms with Crippen LogP contribution >= 0.6 is 0 Å². The predicted molar refractivity (Wildman–Crippen MR) is 77.7 cm³/mol. The average Bonchev–Trinajstić information content (AvgIpc) is 3.00. The molecule has 2 heteroatoms. The van der Waals surface area contributed by atoms with Crippen LogP contribution in [0.4, 0.5) is 5.69 Å². The Morgan fingerprint density at radius 2 is 2.11 bits per heavy atom. The van der Waals surface area contributed by atoms with Crippen LogP contribution in [0.25, 0.3) is 0 Å². The summed E-state index contributed by atoms with van der Waals surface area (Å²) in [5, 5.41) is 3.76. The molecule has 1 saturated carbocycles. The molecule has 0 saturated heterocycles. The highest BCUT2D eigenvalue weighted by molar-refractivity contribution is 5.63. The molecule has 1 fully saturated rings. The van der Waals surface area contributed by atoms with E-state index in [1.807, 2.05) is 0 Å². The Bertz CT molecular complexity index is 560. The molecule has 100 valence electrons. The van der Waals surface area contributed by atoms with Crippen LogP contribution in [-0.2, 0) is 0 Å². The van der Waals surface area contributed by atoms with E-state index < -0.39 is 0 Å². The first kappa shape index (κ1) is 11.4. The Kier molecular flexibility index (Phi) is 2.13. The standard InChI is InChI=1S/C17H21NO/c1-17(2)11-5-4-10(8-11)16-15(17)13-9-12(19-3)6-7-14(13)18-16/h4-7,9-11,15-16,18H,8H2,1-3H3. The van der Waals surface area contributed by atoms with Gasteiger partial charge in [0.25, 0.3) is 0 Å². The van der Waals surface area contributed by atoms with Gasteiger partial charge < -0.3 is 10.1 Å². The number of methoxy groups -OCH3 is 1. The van der Waals surface area contributed by atoms with Gasteiger partial charge in [-0.1, -0.05) is 26.0 Å². The highest BCUT2D eigenvalue weighted by atomic mass is 16.5. The van der Waals surface area contributed by atoms with Gasteiger partial charge in [-0.05, 0) is 47.4 Å². The van der Waals surface area contributed by atoms with Crippen molar-refractivity contribution in [2.24, 2.45) is 17.3 Å². The molecule has 4 rings (SSSR count). The average molecular weight is 255 g/mol. The van der Waals surface area contributed by atoms with Gasteiger partial charge in [-0.15, -0.1) is 0 Å². The Morgan fingerprint density at radius 1 is 1.26 bits per heavy atom. The molecule has 3 aliphatic rings. The van der Waals surface area contributed by atoms with Gasteiger partial charge in [0, 0.05) is 17.6 Å². The third-order valence-corrected chi connectivity index (χ3v) is 5.61.